The van der Waals surface area contributed by atoms with Crippen molar-refractivity contribution in [2.75, 3.05) is 0 Å². The van der Waals surface area contributed by atoms with E-state index in [0.717, 1.165) is 17.3 Å². The minimum atomic E-state index is 0.583. The van der Waals surface area contributed by atoms with Crippen molar-refractivity contribution >= 4 is 5.82 Å². The molecule has 4 heterocycles. The average Bonchev–Trinajstić information content (AvgIpc) is 3.09. The highest BCUT2D eigenvalue weighted by Crippen LogP contribution is 2.27. The summed E-state index contributed by atoms with van der Waals surface area (Å²) in [6.45, 7) is 0.583. The molecule has 0 bridgehead atoms. The SMILES string of the molecule is c1cc2n3c(cnc-2n1)N=NC3.c1cnccn1. The number of azo groups is 1. The molecule has 0 aliphatic carbocycles. The van der Waals surface area contributed by atoms with Crippen LogP contribution in [0.1, 0.15) is 0 Å². The molecule has 0 saturated heterocycles. The molecule has 3 aliphatic heterocycles. The Morgan fingerprint density at radius 2 is 1.72 bits per heavy atom. The molecule has 88 valence electrons. The van der Waals surface area contributed by atoms with Gasteiger partial charge in [-0.05, 0) is 6.07 Å². The second kappa shape index (κ2) is 4.66. The molecule has 1 aromatic heterocycles. The van der Waals surface area contributed by atoms with E-state index >= 15 is 0 Å². The third-order valence-corrected chi connectivity index (χ3v) is 2.38. The zero-order chi connectivity index (χ0) is 12.2. The molecule has 0 saturated carbocycles. The van der Waals surface area contributed by atoms with Crippen molar-refractivity contribution in [3.8, 4) is 11.5 Å². The Labute approximate surface area is 103 Å². The van der Waals surface area contributed by atoms with Crippen molar-refractivity contribution < 1.29 is 0 Å². The lowest BCUT2D eigenvalue weighted by atomic mass is 10.4. The molecular weight excluding hydrogens is 230 g/mol. The third-order valence-electron chi connectivity index (χ3n) is 2.38. The fourth-order valence-corrected chi connectivity index (χ4v) is 1.59. The lowest BCUT2D eigenvalue weighted by Gasteiger charge is -2.04. The zero-order valence-electron chi connectivity index (χ0n) is 9.38. The minimum absolute atomic E-state index is 0.583. The first-order valence-electron chi connectivity index (χ1n) is 5.33. The summed E-state index contributed by atoms with van der Waals surface area (Å²) in [6, 6.07) is 1.92. The van der Waals surface area contributed by atoms with Gasteiger partial charge in [-0.15, -0.1) is 5.11 Å². The average molecular weight is 239 g/mol. The minimum Gasteiger partial charge on any atom is -0.298 e. The molecular formula is C11H9N7. The number of hydrogen-bond acceptors (Lipinski definition) is 6. The van der Waals surface area contributed by atoms with Crippen molar-refractivity contribution in [2.45, 2.75) is 6.67 Å². The van der Waals surface area contributed by atoms with E-state index in [0.29, 0.717) is 6.67 Å². The van der Waals surface area contributed by atoms with Gasteiger partial charge in [-0.1, -0.05) is 0 Å². The predicted octanol–water partition coefficient (Wildman–Crippen LogP) is 1.91. The lowest BCUT2D eigenvalue weighted by molar-refractivity contribution is 0.773. The summed E-state index contributed by atoms with van der Waals surface area (Å²) >= 11 is 0. The Hall–Kier alpha value is -2.70. The molecule has 4 rings (SSSR count). The summed E-state index contributed by atoms with van der Waals surface area (Å²) in [5.41, 5.74) is 0.998. The number of hydrogen-bond donors (Lipinski definition) is 0. The van der Waals surface area contributed by atoms with Crippen molar-refractivity contribution in [3.05, 3.63) is 43.2 Å². The van der Waals surface area contributed by atoms with Gasteiger partial charge in [0.1, 0.15) is 6.67 Å². The highest BCUT2D eigenvalue weighted by Gasteiger charge is 2.15. The van der Waals surface area contributed by atoms with E-state index in [1.54, 1.807) is 37.2 Å². The zero-order valence-corrected chi connectivity index (χ0v) is 9.38. The summed E-state index contributed by atoms with van der Waals surface area (Å²) in [5.74, 6) is 1.56. The van der Waals surface area contributed by atoms with Crippen LogP contribution in [0.25, 0.3) is 11.5 Å². The molecule has 0 amide bonds. The molecule has 1 aromatic rings. The van der Waals surface area contributed by atoms with Gasteiger partial charge >= 0.3 is 0 Å². The van der Waals surface area contributed by atoms with Crippen LogP contribution in [0.3, 0.4) is 0 Å². The van der Waals surface area contributed by atoms with Crippen LogP contribution in [0.5, 0.6) is 0 Å². The molecule has 0 aromatic carbocycles. The normalized spacial score (nSPS) is 12.0. The molecule has 0 spiro atoms. The van der Waals surface area contributed by atoms with Crippen LogP contribution in [-0.4, -0.2) is 24.5 Å². The second-order valence-electron chi connectivity index (χ2n) is 3.48. The van der Waals surface area contributed by atoms with Crippen LogP contribution < -0.4 is 0 Å². The van der Waals surface area contributed by atoms with Gasteiger partial charge in [-0.2, -0.15) is 5.11 Å². The Bertz CT molecular complexity index is 605. The van der Waals surface area contributed by atoms with Gasteiger partial charge < -0.3 is 0 Å². The van der Waals surface area contributed by atoms with Crippen molar-refractivity contribution in [3.63, 3.8) is 0 Å². The number of fused-ring (bicyclic) bond motifs is 3. The first-order valence-corrected chi connectivity index (χ1v) is 5.33. The maximum absolute atomic E-state index is 4.13. The van der Waals surface area contributed by atoms with Gasteiger partial charge in [0.15, 0.2) is 11.6 Å². The van der Waals surface area contributed by atoms with Crippen molar-refractivity contribution in [2.24, 2.45) is 10.2 Å². The molecule has 7 heteroatoms. The largest absolute Gasteiger partial charge is 0.298 e. The van der Waals surface area contributed by atoms with Gasteiger partial charge in [-0.3, -0.25) is 14.5 Å². The third kappa shape index (κ3) is 1.93. The lowest BCUT2D eigenvalue weighted by Crippen LogP contribution is -1.99. The number of nitrogens with zero attached hydrogens (tertiary/aromatic N) is 7. The monoisotopic (exact) mass is 239 g/mol. The van der Waals surface area contributed by atoms with Gasteiger partial charge in [0, 0.05) is 31.0 Å². The van der Waals surface area contributed by atoms with E-state index in [-0.39, 0.29) is 0 Å². The summed E-state index contributed by atoms with van der Waals surface area (Å²) < 4.78 is 1.98. The fourth-order valence-electron chi connectivity index (χ4n) is 1.59. The van der Waals surface area contributed by atoms with Crippen LogP contribution in [0.4, 0.5) is 5.82 Å². The van der Waals surface area contributed by atoms with E-state index in [1.165, 1.54) is 0 Å². The van der Waals surface area contributed by atoms with E-state index in [9.17, 15) is 0 Å². The van der Waals surface area contributed by atoms with E-state index in [4.69, 9.17) is 0 Å². The first-order chi connectivity index (χ1) is 8.95. The van der Waals surface area contributed by atoms with Gasteiger partial charge in [0.25, 0.3) is 0 Å². The molecule has 7 nitrogen and oxygen atoms in total. The van der Waals surface area contributed by atoms with E-state index in [2.05, 4.69) is 30.2 Å². The van der Waals surface area contributed by atoms with Crippen LogP contribution in [0, 0.1) is 0 Å². The Morgan fingerprint density at radius 3 is 2.44 bits per heavy atom. The standard InChI is InChI=1S/C7H5N5.C4H4N2/c1-2-8-7-5(1)12-4-10-11-6(12)3-9-7;1-2-6-4-3-5-1/h1-3H,4H2;1-4H. The summed E-state index contributed by atoms with van der Waals surface area (Å²) in [7, 11) is 0. The van der Waals surface area contributed by atoms with Crippen molar-refractivity contribution in [1.82, 2.24) is 24.5 Å². The number of rotatable bonds is 0. The van der Waals surface area contributed by atoms with Crippen LogP contribution in [-0.2, 0) is 6.67 Å². The molecule has 0 unspecified atom stereocenters. The molecule has 3 aliphatic rings. The second-order valence-corrected chi connectivity index (χ2v) is 3.48. The van der Waals surface area contributed by atoms with Gasteiger partial charge in [-0.25, -0.2) is 9.97 Å². The van der Waals surface area contributed by atoms with Crippen molar-refractivity contribution in [1.29, 1.82) is 0 Å². The maximum Gasteiger partial charge on any atom is 0.176 e. The van der Waals surface area contributed by atoms with Gasteiger partial charge in [0.05, 0.1) is 11.9 Å². The highest BCUT2D eigenvalue weighted by atomic mass is 15.3. The summed E-state index contributed by atoms with van der Waals surface area (Å²) in [4.78, 5) is 15.7. The van der Waals surface area contributed by atoms with Gasteiger partial charge in [0.2, 0.25) is 0 Å². The van der Waals surface area contributed by atoms with E-state index < -0.39 is 0 Å². The Balaban J connectivity index is 0.000000142. The smallest absolute Gasteiger partial charge is 0.176 e. The van der Waals surface area contributed by atoms with Crippen LogP contribution >= 0.6 is 0 Å². The van der Waals surface area contributed by atoms with Crippen LogP contribution in [0.2, 0.25) is 0 Å². The number of aromatic nitrogens is 5. The van der Waals surface area contributed by atoms with E-state index in [1.807, 2.05) is 10.6 Å². The summed E-state index contributed by atoms with van der Waals surface area (Å²) in [5, 5.41) is 7.83. The van der Waals surface area contributed by atoms with Crippen LogP contribution in [0.15, 0.2) is 53.5 Å². The molecule has 18 heavy (non-hydrogen) atoms. The fraction of sp³-hybridized carbons (Fsp3) is 0.0909. The highest BCUT2D eigenvalue weighted by molar-refractivity contribution is 5.55. The summed E-state index contributed by atoms with van der Waals surface area (Å²) in [6.07, 6.45) is 9.98. The molecule has 0 radical (unpaired) electrons. The Kier molecular flexibility index (Phi) is 2.71. The quantitative estimate of drug-likeness (QED) is 0.600. The molecule has 0 fully saturated rings. The maximum atomic E-state index is 4.13. The topological polar surface area (TPSA) is 81.2 Å². The Morgan fingerprint density at radius 1 is 0.944 bits per heavy atom. The molecule has 0 N–H and O–H groups in total. The molecule has 0 atom stereocenters. The first kappa shape index (κ1) is 10.5. The predicted molar refractivity (Wildman–Crippen MR) is 63.2 cm³/mol.